The highest BCUT2D eigenvalue weighted by molar-refractivity contribution is 5.88. The van der Waals surface area contributed by atoms with Gasteiger partial charge in [-0.05, 0) is 26.8 Å². The molecule has 2 unspecified atom stereocenters. The average molecular weight is 244 g/mol. The fourth-order valence-electron chi connectivity index (χ4n) is 1.72. The van der Waals surface area contributed by atoms with Crippen LogP contribution in [0.2, 0.25) is 0 Å². The van der Waals surface area contributed by atoms with E-state index in [1.807, 2.05) is 13.8 Å². The maximum atomic E-state index is 11.7. The van der Waals surface area contributed by atoms with Gasteiger partial charge in [-0.3, -0.25) is 14.5 Å². The van der Waals surface area contributed by atoms with Gasteiger partial charge in [0.1, 0.15) is 0 Å². The molecular formula is C12H24N2O3. The molecule has 0 heterocycles. The Morgan fingerprint density at radius 3 is 2.18 bits per heavy atom. The summed E-state index contributed by atoms with van der Waals surface area (Å²) in [7, 11) is 1.75. The maximum Gasteiger partial charge on any atom is 0.234 e. The van der Waals surface area contributed by atoms with Crippen LogP contribution in [0.3, 0.4) is 0 Å². The molecule has 0 aromatic carbocycles. The van der Waals surface area contributed by atoms with Gasteiger partial charge in [0.25, 0.3) is 0 Å². The standard InChI is InChI=1S/C12H24N2O3/c1-8(2)12(10(4)16)13-11(17)7-14(5)6-9(3)15/h8-9,12,15H,6-7H2,1-5H3,(H,13,17). The molecule has 0 aromatic heterocycles. The van der Waals surface area contributed by atoms with E-state index in [1.54, 1.807) is 18.9 Å². The Hall–Kier alpha value is -0.940. The van der Waals surface area contributed by atoms with Crippen LogP contribution in [0.1, 0.15) is 27.7 Å². The minimum atomic E-state index is -0.471. The molecule has 0 aliphatic carbocycles. The Bertz CT molecular complexity index is 264. The number of Topliss-reactive ketones (excluding diaryl/α,β-unsaturated/α-hetero) is 1. The van der Waals surface area contributed by atoms with E-state index in [9.17, 15) is 9.59 Å². The number of aliphatic hydroxyl groups excluding tert-OH is 1. The second kappa shape index (κ2) is 7.40. The van der Waals surface area contributed by atoms with Crippen molar-refractivity contribution in [2.24, 2.45) is 5.92 Å². The van der Waals surface area contributed by atoms with Crippen molar-refractivity contribution in [2.45, 2.75) is 39.8 Å². The Kier molecular flexibility index (Phi) is 6.99. The van der Waals surface area contributed by atoms with Gasteiger partial charge in [0, 0.05) is 6.54 Å². The van der Waals surface area contributed by atoms with Crippen LogP contribution in [0.25, 0.3) is 0 Å². The van der Waals surface area contributed by atoms with Crippen LogP contribution in [0.15, 0.2) is 0 Å². The Morgan fingerprint density at radius 2 is 1.82 bits per heavy atom. The molecular weight excluding hydrogens is 220 g/mol. The van der Waals surface area contributed by atoms with Crippen LogP contribution in [0.4, 0.5) is 0 Å². The zero-order chi connectivity index (χ0) is 13.6. The van der Waals surface area contributed by atoms with E-state index in [2.05, 4.69) is 5.32 Å². The molecule has 0 spiro atoms. The molecule has 0 aliphatic rings. The first kappa shape index (κ1) is 16.1. The third-order valence-electron chi connectivity index (χ3n) is 2.41. The van der Waals surface area contributed by atoms with Crippen LogP contribution in [-0.4, -0.2) is 54.0 Å². The lowest BCUT2D eigenvalue weighted by molar-refractivity contribution is -0.128. The first-order valence-corrected chi connectivity index (χ1v) is 5.90. The molecule has 0 bridgehead atoms. The fourth-order valence-corrected chi connectivity index (χ4v) is 1.72. The minimum absolute atomic E-state index is 0.0356. The van der Waals surface area contributed by atoms with E-state index in [0.717, 1.165) is 0 Å². The summed E-state index contributed by atoms with van der Waals surface area (Å²) in [6, 6.07) is -0.428. The number of aliphatic hydroxyl groups is 1. The molecule has 17 heavy (non-hydrogen) atoms. The summed E-state index contributed by atoms with van der Waals surface area (Å²) in [5.74, 6) is -0.146. The zero-order valence-electron chi connectivity index (χ0n) is 11.4. The highest BCUT2D eigenvalue weighted by Gasteiger charge is 2.21. The van der Waals surface area contributed by atoms with E-state index in [1.165, 1.54) is 6.92 Å². The molecule has 2 atom stereocenters. The van der Waals surface area contributed by atoms with Gasteiger partial charge >= 0.3 is 0 Å². The number of carbonyl (C=O) groups is 2. The summed E-state index contributed by atoms with van der Waals surface area (Å²) in [5, 5.41) is 11.9. The molecule has 0 saturated carbocycles. The number of nitrogens with one attached hydrogen (secondary N) is 1. The van der Waals surface area contributed by atoms with Crippen LogP contribution in [-0.2, 0) is 9.59 Å². The second-order valence-electron chi connectivity index (χ2n) is 4.95. The van der Waals surface area contributed by atoms with Gasteiger partial charge in [0.2, 0.25) is 5.91 Å². The molecule has 0 aliphatic heterocycles. The van der Waals surface area contributed by atoms with Crippen LogP contribution in [0, 0.1) is 5.92 Å². The average Bonchev–Trinajstić information content (AvgIpc) is 2.11. The minimum Gasteiger partial charge on any atom is -0.392 e. The molecule has 0 fully saturated rings. The van der Waals surface area contributed by atoms with Crippen LogP contribution in [0.5, 0.6) is 0 Å². The van der Waals surface area contributed by atoms with Crippen LogP contribution >= 0.6 is 0 Å². The molecule has 0 saturated heterocycles. The predicted octanol–water partition coefficient (Wildman–Crippen LogP) is 0.0288. The van der Waals surface area contributed by atoms with Gasteiger partial charge in [-0.15, -0.1) is 0 Å². The first-order valence-electron chi connectivity index (χ1n) is 5.90. The molecule has 5 nitrogen and oxygen atoms in total. The van der Waals surface area contributed by atoms with Crippen LogP contribution < -0.4 is 5.32 Å². The monoisotopic (exact) mass is 244 g/mol. The van der Waals surface area contributed by atoms with Gasteiger partial charge < -0.3 is 10.4 Å². The number of ketones is 1. The molecule has 100 valence electrons. The van der Waals surface area contributed by atoms with Crippen molar-refractivity contribution in [1.82, 2.24) is 10.2 Å². The maximum absolute atomic E-state index is 11.7. The number of carbonyl (C=O) groups excluding carboxylic acids is 2. The number of hydrogen-bond acceptors (Lipinski definition) is 4. The van der Waals surface area contributed by atoms with Crippen molar-refractivity contribution >= 4 is 11.7 Å². The third kappa shape index (κ3) is 7.07. The van der Waals surface area contributed by atoms with E-state index in [0.29, 0.717) is 6.54 Å². The lowest BCUT2D eigenvalue weighted by Gasteiger charge is -2.22. The SMILES string of the molecule is CC(=O)C(NC(=O)CN(C)CC(C)O)C(C)C. The van der Waals surface area contributed by atoms with E-state index in [-0.39, 0.29) is 24.2 Å². The molecule has 1 amide bonds. The fraction of sp³-hybridized carbons (Fsp3) is 0.833. The smallest absolute Gasteiger partial charge is 0.234 e. The lowest BCUT2D eigenvalue weighted by Crippen LogP contribution is -2.47. The Balaban J connectivity index is 4.19. The molecule has 0 rings (SSSR count). The summed E-state index contributed by atoms with van der Waals surface area (Å²) >= 11 is 0. The van der Waals surface area contributed by atoms with Gasteiger partial charge in [-0.2, -0.15) is 0 Å². The van der Waals surface area contributed by atoms with Crippen molar-refractivity contribution in [2.75, 3.05) is 20.1 Å². The number of likely N-dealkylation sites (N-methyl/N-ethyl adjacent to an activating group) is 1. The highest BCUT2D eigenvalue weighted by Crippen LogP contribution is 2.02. The third-order valence-corrected chi connectivity index (χ3v) is 2.41. The lowest BCUT2D eigenvalue weighted by atomic mass is 10.0. The highest BCUT2D eigenvalue weighted by atomic mass is 16.3. The quantitative estimate of drug-likeness (QED) is 0.663. The number of hydrogen-bond donors (Lipinski definition) is 2. The number of amides is 1. The van der Waals surface area contributed by atoms with E-state index < -0.39 is 12.1 Å². The topological polar surface area (TPSA) is 69.6 Å². The molecule has 5 heteroatoms. The Morgan fingerprint density at radius 1 is 1.29 bits per heavy atom. The second-order valence-corrected chi connectivity index (χ2v) is 4.95. The van der Waals surface area contributed by atoms with Crippen molar-refractivity contribution in [3.63, 3.8) is 0 Å². The van der Waals surface area contributed by atoms with Gasteiger partial charge in [-0.1, -0.05) is 13.8 Å². The summed E-state index contributed by atoms with van der Waals surface area (Å²) in [4.78, 5) is 24.7. The predicted molar refractivity (Wildman–Crippen MR) is 66.6 cm³/mol. The Labute approximate surface area is 103 Å². The molecule has 2 N–H and O–H groups in total. The van der Waals surface area contributed by atoms with Crippen molar-refractivity contribution in [1.29, 1.82) is 0 Å². The normalized spacial score (nSPS) is 14.8. The molecule has 0 radical (unpaired) electrons. The summed E-state index contributed by atoms with van der Waals surface area (Å²) in [5.41, 5.74) is 0. The number of nitrogens with zero attached hydrogens (tertiary/aromatic N) is 1. The van der Waals surface area contributed by atoms with Crippen molar-refractivity contribution in [3.8, 4) is 0 Å². The van der Waals surface area contributed by atoms with E-state index in [4.69, 9.17) is 5.11 Å². The number of rotatable bonds is 7. The summed E-state index contributed by atoms with van der Waals surface area (Å²) < 4.78 is 0. The summed E-state index contributed by atoms with van der Waals surface area (Å²) in [6.07, 6.45) is -0.471. The van der Waals surface area contributed by atoms with Gasteiger partial charge in [-0.25, -0.2) is 0 Å². The molecule has 0 aromatic rings. The van der Waals surface area contributed by atoms with Gasteiger partial charge in [0.15, 0.2) is 5.78 Å². The summed E-state index contributed by atoms with van der Waals surface area (Å²) in [6.45, 7) is 7.55. The first-order chi connectivity index (χ1) is 7.73. The largest absolute Gasteiger partial charge is 0.392 e. The van der Waals surface area contributed by atoms with Gasteiger partial charge in [0.05, 0.1) is 18.7 Å². The van der Waals surface area contributed by atoms with E-state index >= 15 is 0 Å². The van der Waals surface area contributed by atoms with Crippen molar-refractivity contribution < 1.29 is 14.7 Å². The zero-order valence-corrected chi connectivity index (χ0v) is 11.4. The van der Waals surface area contributed by atoms with Crippen molar-refractivity contribution in [3.05, 3.63) is 0 Å².